The van der Waals surface area contributed by atoms with Crippen molar-refractivity contribution in [2.75, 3.05) is 5.32 Å². The third kappa shape index (κ3) is 4.99. The van der Waals surface area contributed by atoms with Gasteiger partial charge in [-0.05, 0) is 52.3 Å². The molecule has 0 aliphatic rings. The van der Waals surface area contributed by atoms with Crippen LogP contribution in [-0.2, 0) is 10.0 Å². The zero-order valence-corrected chi connectivity index (χ0v) is 14.4. The highest BCUT2D eigenvalue weighted by Gasteiger charge is 2.22. The number of carboxylic acid groups (broad SMARTS) is 1. The molecule has 0 fully saturated rings. The molecule has 0 aromatic heterocycles. The third-order valence-corrected chi connectivity index (χ3v) is 4.60. The smallest absolute Gasteiger partial charge is 0.337 e. The molecule has 0 radical (unpaired) electrons. The number of hydrogen-bond donors (Lipinski definition) is 3. The van der Waals surface area contributed by atoms with Gasteiger partial charge in [0.2, 0.25) is 10.0 Å². The molecule has 3 N–H and O–H groups in total. The van der Waals surface area contributed by atoms with Crippen molar-refractivity contribution in [3.63, 3.8) is 0 Å². The van der Waals surface area contributed by atoms with Crippen LogP contribution in [0.4, 0.5) is 5.69 Å². The van der Waals surface area contributed by atoms with Gasteiger partial charge in [-0.15, -0.1) is 0 Å². The van der Waals surface area contributed by atoms with Crippen LogP contribution in [0.5, 0.6) is 0 Å². The fraction of sp³-hybridized carbons (Fsp3) is 0.533. The predicted molar refractivity (Wildman–Crippen MR) is 86.9 cm³/mol. The Morgan fingerprint density at radius 2 is 1.91 bits per heavy atom. The van der Waals surface area contributed by atoms with E-state index in [1.54, 1.807) is 6.92 Å². The van der Waals surface area contributed by atoms with Crippen LogP contribution in [0.2, 0.25) is 0 Å². The molecule has 1 rings (SSSR count). The molecule has 0 spiro atoms. The topological polar surface area (TPSA) is 95.5 Å². The number of benzene rings is 1. The Labute approximate surface area is 132 Å². The fourth-order valence-corrected chi connectivity index (χ4v) is 3.15. The molecule has 0 aliphatic carbocycles. The van der Waals surface area contributed by atoms with Gasteiger partial charge in [0.1, 0.15) is 0 Å². The molecular formula is C15H24N2O4S. The summed E-state index contributed by atoms with van der Waals surface area (Å²) >= 11 is 0. The maximum absolute atomic E-state index is 12.2. The van der Waals surface area contributed by atoms with E-state index < -0.39 is 16.0 Å². The Balaban J connectivity index is 3.26. The minimum Gasteiger partial charge on any atom is -0.478 e. The van der Waals surface area contributed by atoms with Crippen molar-refractivity contribution in [1.29, 1.82) is 0 Å². The Kier molecular flexibility index (Phi) is 5.59. The summed E-state index contributed by atoms with van der Waals surface area (Å²) in [5.41, 5.74) is -0.0102. The lowest BCUT2D eigenvalue weighted by atomic mass is 10.1. The van der Waals surface area contributed by atoms with Crippen LogP contribution in [0.25, 0.3) is 0 Å². The van der Waals surface area contributed by atoms with Crippen LogP contribution in [0.15, 0.2) is 23.1 Å². The first kappa shape index (κ1) is 18.4. The van der Waals surface area contributed by atoms with Crippen molar-refractivity contribution in [2.24, 2.45) is 0 Å². The Morgan fingerprint density at radius 1 is 1.32 bits per heavy atom. The predicted octanol–water partition coefficient (Wildman–Crippen LogP) is 2.67. The monoisotopic (exact) mass is 328 g/mol. The number of rotatable bonds is 6. The zero-order chi connectivity index (χ0) is 17.1. The lowest BCUT2D eigenvalue weighted by Crippen LogP contribution is -2.32. The van der Waals surface area contributed by atoms with Crippen molar-refractivity contribution < 1.29 is 18.3 Å². The molecular weight excluding hydrogens is 304 g/mol. The summed E-state index contributed by atoms with van der Waals surface area (Å²) in [6.45, 7) is 9.31. The van der Waals surface area contributed by atoms with E-state index in [-0.39, 0.29) is 22.0 Å². The van der Waals surface area contributed by atoms with Crippen LogP contribution >= 0.6 is 0 Å². The van der Waals surface area contributed by atoms with E-state index in [2.05, 4.69) is 10.0 Å². The van der Waals surface area contributed by atoms with Gasteiger partial charge in [-0.3, -0.25) is 0 Å². The van der Waals surface area contributed by atoms with Gasteiger partial charge in [-0.2, -0.15) is 0 Å². The summed E-state index contributed by atoms with van der Waals surface area (Å²) < 4.78 is 27.0. The minimum atomic E-state index is -3.73. The molecule has 22 heavy (non-hydrogen) atoms. The van der Waals surface area contributed by atoms with Crippen molar-refractivity contribution in [3.05, 3.63) is 23.8 Å². The van der Waals surface area contributed by atoms with Gasteiger partial charge in [0.15, 0.2) is 0 Å². The molecule has 1 unspecified atom stereocenters. The maximum Gasteiger partial charge on any atom is 0.337 e. The quantitative estimate of drug-likeness (QED) is 0.746. The maximum atomic E-state index is 12.2. The van der Waals surface area contributed by atoms with Crippen molar-refractivity contribution >= 4 is 21.7 Å². The molecule has 1 atom stereocenters. The van der Waals surface area contributed by atoms with Crippen molar-refractivity contribution in [2.45, 2.75) is 57.5 Å². The molecule has 124 valence electrons. The second-order valence-corrected chi connectivity index (χ2v) is 8.03. The van der Waals surface area contributed by atoms with Gasteiger partial charge in [0.25, 0.3) is 0 Å². The molecule has 0 heterocycles. The molecule has 0 saturated heterocycles. The lowest BCUT2D eigenvalue weighted by Gasteiger charge is -2.23. The molecule has 6 nitrogen and oxygen atoms in total. The van der Waals surface area contributed by atoms with E-state index in [1.165, 1.54) is 18.2 Å². The Morgan fingerprint density at radius 3 is 2.36 bits per heavy atom. The standard InChI is InChI=1S/C15H24N2O4S/c1-6-10(2)17-22(20,21)11-7-8-13(16-15(3,4)5)12(9-11)14(18)19/h7-10,16-17H,6H2,1-5H3,(H,18,19). The van der Waals surface area contributed by atoms with Gasteiger partial charge in [-0.25, -0.2) is 17.9 Å². The number of hydrogen-bond acceptors (Lipinski definition) is 4. The zero-order valence-electron chi connectivity index (χ0n) is 13.6. The second-order valence-electron chi connectivity index (χ2n) is 6.32. The van der Waals surface area contributed by atoms with E-state index in [9.17, 15) is 18.3 Å². The van der Waals surface area contributed by atoms with Gasteiger partial charge in [-0.1, -0.05) is 6.92 Å². The van der Waals surface area contributed by atoms with Crippen LogP contribution in [0.3, 0.4) is 0 Å². The number of sulfonamides is 1. The Bertz CT molecular complexity index is 648. The number of carbonyl (C=O) groups is 1. The number of nitrogens with one attached hydrogen (secondary N) is 2. The average Bonchev–Trinajstić information content (AvgIpc) is 2.36. The van der Waals surface area contributed by atoms with Gasteiger partial charge < -0.3 is 10.4 Å². The highest BCUT2D eigenvalue weighted by atomic mass is 32.2. The number of anilines is 1. The van der Waals surface area contributed by atoms with Crippen LogP contribution in [0, 0.1) is 0 Å². The number of carboxylic acids is 1. The van der Waals surface area contributed by atoms with E-state index in [0.717, 1.165) is 0 Å². The van der Waals surface area contributed by atoms with Crippen molar-refractivity contribution in [3.8, 4) is 0 Å². The third-order valence-electron chi connectivity index (χ3n) is 3.01. The molecule has 0 saturated carbocycles. The molecule has 1 aromatic rings. The summed E-state index contributed by atoms with van der Waals surface area (Å²) in [5.74, 6) is -1.17. The first-order valence-corrected chi connectivity index (χ1v) is 8.62. The highest BCUT2D eigenvalue weighted by molar-refractivity contribution is 7.89. The molecule has 0 bridgehead atoms. The summed E-state index contributed by atoms with van der Waals surface area (Å²) in [6.07, 6.45) is 0.648. The van der Waals surface area contributed by atoms with Gasteiger partial charge in [0, 0.05) is 17.3 Å². The van der Waals surface area contributed by atoms with Crippen molar-refractivity contribution in [1.82, 2.24) is 4.72 Å². The lowest BCUT2D eigenvalue weighted by molar-refractivity contribution is 0.0697. The largest absolute Gasteiger partial charge is 0.478 e. The summed E-state index contributed by atoms with van der Waals surface area (Å²) in [4.78, 5) is 11.4. The first-order chi connectivity index (χ1) is 9.96. The fourth-order valence-electron chi connectivity index (χ4n) is 1.80. The summed E-state index contributed by atoms with van der Waals surface area (Å²) in [7, 11) is -3.73. The minimum absolute atomic E-state index is 0.0512. The van der Waals surface area contributed by atoms with Crippen LogP contribution < -0.4 is 10.0 Å². The van der Waals surface area contributed by atoms with Crippen LogP contribution in [-0.4, -0.2) is 31.1 Å². The normalized spacial score (nSPS) is 13.7. The van der Waals surface area contributed by atoms with Crippen LogP contribution in [0.1, 0.15) is 51.4 Å². The van der Waals surface area contributed by atoms with E-state index in [4.69, 9.17) is 0 Å². The van der Waals surface area contributed by atoms with E-state index in [0.29, 0.717) is 12.1 Å². The highest BCUT2D eigenvalue weighted by Crippen LogP contribution is 2.24. The summed E-state index contributed by atoms with van der Waals surface area (Å²) in [6, 6.07) is 3.86. The molecule has 0 amide bonds. The van der Waals surface area contributed by atoms with Gasteiger partial charge >= 0.3 is 5.97 Å². The molecule has 7 heteroatoms. The average molecular weight is 328 g/mol. The second kappa shape index (κ2) is 6.66. The number of aromatic carboxylic acids is 1. The van der Waals surface area contributed by atoms with Gasteiger partial charge in [0.05, 0.1) is 10.5 Å². The Hall–Kier alpha value is -1.60. The van der Waals surface area contributed by atoms with E-state index in [1.807, 2.05) is 27.7 Å². The first-order valence-electron chi connectivity index (χ1n) is 7.14. The van der Waals surface area contributed by atoms with E-state index >= 15 is 0 Å². The summed E-state index contributed by atoms with van der Waals surface area (Å²) in [5, 5.41) is 12.4. The molecule has 0 aliphatic heterocycles. The SMILES string of the molecule is CCC(C)NS(=O)(=O)c1ccc(NC(C)(C)C)c(C(=O)O)c1. The molecule has 1 aromatic carbocycles.